The lowest BCUT2D eigenvalue weighted by Gasteiger charge is -2.34. The molecule has 0 aromatic heterocycles. The summed E-state index contributed by atoms with van der Waals surface area (Å²) in [7, 11) is 0. The summed E-state index contributed by atoms with van der Waals surface area (Å²) in [5, 5.41) is 12.2. The molecule has 0 saturated carbocycles. The number of anilines is 1. The van der Waals surface area contributed by atoms with Gasteiger partial charge in [-0.15, -0.1) is 0 Å². The fraction of sp³-hybridized carbons (Fsp3) is 0.625. The Hall–Kier alpha value is -0.620. The van der Waals surface area contributed by atoms with E-state index in [1.54, 1.807) is 0 Å². The molecule has 0 radical (unpaired) electrons. The Morgan fingerprint density at radius 3 is 2.81 bits per heavy atom. The third kappa shape index (κ3) is 4.95. The van der Waals surface area contributed by atoms with Crippen molar-refractivity contribution in [3.05, 3.63) is 28.2 Å². The van der Waals surface area contributed by atoms with Gasteiger partial charge in [-0.05, 0) is 43.1 Å². The van der Waals surface area contributed by atoms with Crippen LogP contribution in [0.1, 0.15) is 25.3 Å². The average Bonchev–Trinajstić information content (AvgIpc) is 2.51. The van der Waals surface area contributed by atoms with Gasteiger partial charge in [-0.2, -0.15) is 0 Å². The van der Waals surface area contributed by atoms with E-state index in [2.05, 4.69) is 51.3 Å². The van der Waals surface area contributed by atoms with E-state index in [-0.39, 0.29) is 6.61 Å². The highest BCUT2D eigenvalue weighted by Crippen LogP contribution is 2.28. The molecule has 0 bridgehead atoms. The van der Waals surface area contributed by atoms with Gasteiger partial charge >= 0.3 is 0 Å². The summed E-state index contributed by atoms with van der Waals surface area (Å²) in [5.41, 5.74) is 2.65. The Morgan fingerprint density at radius 1 is 1.38 bits per heavy atom. The molecule has 0 spiro atoms. The second-order valence-electron chi connectivity index (χ2n) is 5.33. The van der Waals surface area contributed by atoms with Crippen molar-refractivity contribution in [3.8, 4) is 0 Å². The lowest BCUT2D eigenvalue weighted by Crippen LogP contribution is -2.38. The lowest BCUT2D eigenvalue weighted by molar-refractivity contribution is 0.0159. The molecular formula is C16H25BrN2O2. The zero-order chi connectivity index (χ0) is 15.1. The van der Waals surface area contributed by atoms with Crippen LogP contribution in [0, 0.1) is 0 Å². The highest BCUT2D eigenvalue weighted by Gasteiger charge is 2.21. The van der Waals surface area contributed by atoms with Crippen LogP contribution in [-0.2, 0) is 11.3 Å². The van der Waals surface area contributed by atoms with Gasteiger partial charge in [0.05, 0.1) is 19.3 Å². The molecule has 1 aromatic carbocycles. The number of rotatable bonds is 7. The molecule has 0 amide bonds. The summed E-state index contributed by atoms with van der Waals surface area (Å²) < 4.78 is 6.76. The molecule has 1 aliphatic heterocycles. The minimum Gasteiger partial charge on any atom is -0.394 e. The van der Waals surface area contributed by atoms with E-state index in [9.17, 15) is 0 Å². The van der Waals surface area contributed by atoms with Crippen molar-refractivity contribution in [1.29, 1.82) is 0 Å². The van der Waals surface area contributed by atoms with Crippen molar-refractivity contribution in [3.63, 3.8) is 0 Å². The molecule has 21 heavy (non-hydrogen) atoms. The van der Waals surface area contributed by atoms with Crippen molar-refractivity contribution < 1.29 is 9.84 Å². The third-order valence-electron chi connectivity index (χ3n) is 3.83. The van der Waals surface area contributed by atoms with Crippen LogP contribution in [0.3, 0.4) is 0 Å². The number of hydrogen-bond acceptors (Lipinski definition) is 4. The minimum atomic E-state index is 0.111. The molecule has 1 heterocycles. The smallest absolute Gasteiger partial charge is 0.0701 e. The Balaban J connectivity index is 1.98. The Labute approximate surface area is 135 Å². The molecule has 1 aliphatic rings. The lowest BCUT2D eigenvalue weighted by atomic mass is 10.0. The first kappa shape index (κ1) is 16.7. The molecule has 0 aliphatic carbocycles. The second kappa shape index (κ2) is 8.73. The van der Waals surface area contributed by atoms with E-state index in [0.717, 1.165) is 43.5 Å². The van der Waals surface area contributed by atoms with Crippen LogP contribution < -0.4 is 10.2 Å². The van der Waals surface area contributed by atoms with Crippen molar-refractivity contribution in [2.75, 3.05) is 37.7 Å². The van der Waals surface area contributed by atoms with Gasteiger partial charge in [-0.25, -0.2) is 0 Å². The van der Waals surface area contributed by atoms with Crippen LogP contribution in [0.2, 0.25) is 0 Å². The third-order valence-corrected chi connectivity index (χ3v) is 4.33. The van der Waals surface area contributed by atoms with Crippen molar-refractivity contribution in [2.24, 2.45) is 0 Å². The zero-order valence-corrected chi connectivity index (χ0v) is 14.2. The van der Waals surface area contributed by atoms with Crippen LogP contribution in [0.15, 0.2) is 22.7 Å². The van der Waals surface area contributed by atoms with Gasteiger partial charge in [0.15, 0.2) is 0 Å². The largest absolute Gasteiger partial charge is 0.394 e. The average molecular weight is 357 g/mol. The maximum Gasteiger partial charge on any atom is 0.0701 e. The predicted molar refractivity (Wildman–Crippen MR) is 89.8 cm³/mol. The number of benzene rings is 1. The first-order valence-corrected chi connectivity index (χ1v) is 8.50. The first-order chi connectivity index (χ1) is 10.2. The summed E-state index contributed by atoms with van der Waals surface area (Å²) >= 11 is 3.56. The molecule has 2 rings (SSSR count). The minimum absolute atomic E-state index is 0.111. The summed E-state index contributed by atoms with van der Waals surface area (Å²) in [4.78, 5) is 2.44. The van der Waals surface area contributed by atoms with Gasteiger partial charge in [-0.1, -0.05) is 22.9 Å². The van der Waals surface area contributed by atoms with Crippen LogP contribution in [-0.4, -0.2) is 44.1 Å². The number of aliphatic hydroxyl groups is 1. The van der Waals surface area contributed by atoms with E-state index in [0.29, 0.717) is 12.7 Å². The summed E-state index contributed by atoms with van der Waals surface area (Å²) in [5.74, 6) is 0. The molecule has 5 heteroatoms. The van der Waals surface area contributed by atoms with E-state index in [1.165, 1.54) is 11.3 Å². The van der Waals surface area contributed by atoms with Gasteiger partial charge in [0.25, 0.3) is 0 Å². The Bertz CT molecular complexity index is 434. The van der Waals surface area contributed by atoms with Crippen LogP contribution >= 0.6 is 15.9 Å². The van der Waals surface area contributed by atoms with Crippen molar-refractivity contribution in [1.82, 2.24) is 5.32 Å². The highest BCUT2D eigenvalue weighted by atomic mass is 79.9. The molecular weight excluding hydrogens is 332 g/mol. The van der Waals surface area contributed by atoms with E-state index in [4.69, 9.17) is 9.84 Å². The second-order valence-corrected chi connectivity index (χ2v) is 6.25. The molecule has 4 nitrogen and oxygen atoms in total. The maximum atomic E-state index is 8.82. The van der Waals surface area contributed by atoms with E-state index < -0.39 is 0 Å². The number of nitrogens with zero attached hydrogens (tertiary/aromatic N) is 1. The Morgan fingerprint density at radius 2 is 2.14 bits per heavy atom. The highest BCUT2D eigenvalue weighted by molar-refractivity contribution is 9.10. The van der Waals surface area contributed by atoms with Crippen LogP contribution in [0.5, 0.6) is 0 Å². The van der Waals surface area contributed by atoms with Gasteiger partial charge in [0, 0.05) is 29.8 Å². The number of nitrogens with one attached hydrogen (secondary N) is 1. The standard InChI is InChI=1S/C16H25BrN2O2/c1-2-18-12-13-11-14(17)3-4-16(13)19-7-5-15(6-8-19)21-10-9-20/h3-4,11,15,18,20H,2,5-10,12H2,1H3. The first-order valence-electron chi connectivity index (χ1n) is 7.71. The molecule has 1 aromatic rings. The number of aliphatic hydroxyl groups excluding tert-OH is 1. The summed E-state index contributed by atoms with van der Waals surface area (Å²) in [6, 6.07) is 6.51. The Kier molecular flexibility index (Phi) is 6.96. The van der Waals surface area contributed by atoms with Crippen LogP contribution in [0.25, 0.3) is 0 Å². The fourth-order valence-electron chi connectivity index (χ4n) is 2.75. The number of hydrogen-bond donors (Lipinski definition) is 2. The summed E-state index contributed by atoms with van der Waals surface area (Å²) in [6.07, 6.45) is 2.34. The molecule has 2 N–H and O–H groups in total. The van der Waals surface area contributed by atoms with E-state index in [1.807, 2.05) is 0 Å². The maximum absolute atomic E-state index is 8.82. The number of ether oxygens (including phenoxy) is 1. The van der Waals surface area contributed by atoms with Gasteiger partial charge in [-0.3, -0.25) is 0 Å². The zero-order valence-electron chi connectivity index (χ0n) is 12.6. The number of piperidine rings is 1. The SMILES string of the molecule is CCNCc1cc(Br)ccc1N1CCC(OCCO)CC1. The predicted octanol–water partition coefficient (Wildman–Crippen LogP) is 2.54. The van der Waals surface area contributed by atoms with Crippen LogP contribution in [0.4, 0.5) is 5.69 Å². The van der Waals surface area contributed by atoms with Crippen molar-refractivity contribution in [2.45, 2.75) is 32.4 Å². The van der Waals surface area contributed by atoms with Gasteiger partial charge < -0.3 is 20.1 Å². The molecule has 1 saturated heterocycles. The molecule has 118 valence electrons. The topological polar surface area (TPSA) is 44.7 Å². The van der Waals surface area contributed by atoms with E-state index >= 15 is 0 Å². The monoisotopic (exact) mass is 356 g/mol. The normalized spacial score (nSPS) is 16.4. The molecule has 1 fully saturated rings. The number of halogens is 1. The van der Waals surface area contributed by atoms with Gasteiger partial charge in [0.2, 0.25) is 0 Å². The fourth-order valence-corrected chi connectivity index (χ4v) is 3.16. The molecule has 0 unspecified atom stereocenters. The quantitative estimate of drug-likeness (QED) is 0.787. The molecule has 0 atom stereocenters. The van der Waals surface area contributed by atoms with Gasteiger partial charge in [0.1, 0.15) is 0 Å². The summed E-state index contributed by atoms with van der Waals surface area (Å²) in [6.45, 7) is 6.58. The van der Waals surface area contributed by atoms with Crippen molar-refractivity contribution >= 4 is 21.6 Å².